The summed E-state index contributed by atoms with van der Waals surface area (Å²) in [7, 11) is 0. The number of aromatic hydroxyl groups is 1. The van der Waals surface area contributed by atoms with Gasteiger partial charge in [-0.1, -0.05) is 6.07 Å². The first-order valence-electron chi connectivity index (χ1n) is 3.66. The van der Waals surface area contributed by atoms with Gasteiger partial charge in [0.2, 0.25) is 0 Å². The fourth-order valence-electron chi connectivity index (χ4n) is 1.00. The van der Waals surface area contributed by atoms with Crippen molar-refractivity contribution in [2.45, 2.75) is 13.3 Å². The van der Waals surface area contributed by atoms with Crippen LogP contribution in [0.5, 0.6) is 5.75 Å². The lowest BCUT2D eigenvalue weighted by atomic mass is 10.1. The zero-order valence-corrected chi connectivity index (χ0v) is 6.87. The standard InChI is InChI=1S/C9H11NO2/c1-6(11)4-7-2-3-9(12)8(10)5-7/h2-3,5,12H,4,10H2,1H3. The SMILES string of the molecule is CC(=O)Cc1ccc(O)c(N)c1. The predicted octanol–water partition coefficient (Wildman–Crippen LogP) is 1.11. The second-order valence-corrected chi connectivity index (χ2v) is 2.77. The van der Waals surface area contributed by atoms with E-state index in [-0.39, 0.29) is 11.5 Å². The molecule has 0 aromatic heterocycles. The quantitative estimate of drug-likeness (QED) is 0.509. The van der Waals surface area contributed by atoms with Crippen LogP contribution in [0.3, 0.4) is 0 Å². The number of carbonyl (C=O) groups is 1. The number of rotatable bonds is 2. The van der Waals surface area contributed by atoms with Crippen LogP contribution in [0.1, 0.15) is 12.5 Å². The number of benzene rings is 1. The molecule has 0 bridgehead atoms. The summed E-state index contributed by atoms with van der Waals surface area (Å²) >= 11 is 0. The van der Waals surface area contributed by atoms with Crippen LogP contribution in [0.2, 0.25) is 0 Å². The molecule has 3 heteroatoms. The van der Waals surface area contributed by atoms with Gasteiger partial charge in [-0.3, -0.25) is 4.79 Å². The van der Waals surface area contributed by atoms with E-state index in [1.807, 2.05) is 0 Å². The second kappa shape index (κ2) is 3.26. The van der Waals surface area contributed by atoms with Crippen molar-refractivity contribution < 1.29 is 9.90 Å². The Labute approximate surface area is 70.8 Å². The van der Waals surface area contributed by atoms with Crippen molar-refractivity contribution in [2.75, 3.05) is 5.73 Å². The van der Waals surface area contributed by atoms with Crippen molar-refractivity contribution in [1.82, 2.24) is 0 Å². The van der Waals surface area contributed by atoms with Gasteiger partial charge in [-0.25, -0.2) is 0 Å². The van der Waals surface area contributed by atoms with Crippen molar-refractivity contribution in [1.29, 1.82) is 0 Å². The van der Waals surface area contributed by atoms with E-state index in [4.69, 9.17) is 10.8 Å². The van der Waals surface area contributed by atoms with Gasteiger partial charge in [0, 0.05) is 6.42 Å². The summed E-state index contributed by atoms with van der Waals surface area (Å²) in [6.45, 7) is 1.52. The molecule has 0 radical (unpaired) electrons. The molecule has 3 N–H and O–H groups in total. The maximum atomic E-state index is 10.7. The number of nitrogens with two attached hydrogens (primary N) is 1. The first-order valence-corrected chi connectivity index (χ1v) is 3.66. The summed E-state index contributed by atoms with van der Waals surface area (Å²) in [6, 6.07) is 4.79. The van der Waals surface area contributed by atoms with Gasteiger partial charge in [-0.15, -0.1) is 0 Å². The zero-order valence-electron chi connectivity index (χ0n) is 6.87. The topological polar surface area (TPSA) is 63.3 Å². The van der Waals surface area contributed by atoms with Crippen LogP contribution in [0.15, 0.2) is 18.2 Å². The Kier molecular flexibility index (Phi) is 2.33. The van der Waals surface area contributed by atoms with E-state index in [1.165, 1.54) is 13.0 Å². The van der Waals surface area contributed by atoms with Gasteiger partial charge in [0.05, 0.1) is 5.69 Å². The summed E-state index contributed by atoms with van der Waals surface area (Å²) in [4.78, 5) is 10.7. The first kappa shape index (κ1) is 8.59. The number of ketones is 1. The number of phenolic OH excluding ortho intramolecular Hbond substituents is 1. The molecule has 64 valence electrons. The van der Waals surface area contributed by atoms with Gasteiger partial charge in [0.25, 0.3) is 0 Å². The van der Waals surface area contributed by atoms with E-state index >= 15 is 0 Å². The molecule has 0 unspecified atom stereocenters. The third-order valence-corrected chi connectivity index (χ3v) is 1.55. The average Bonchev–Trinajstić information content (AvgIpc) is 1.96. The molecule has 0 fully saturated rings. The van der Waals surface area contributed by atoms with Crippen LogP contribution in [-0.4, -0.2) is 10.9 Å². The van der Waals surface area contributed by atoms with Gasteiger partial charge in [0.15, 0.2) is 0 Å². The van der Waals surface area contributed by atoms with Crippen LogP contribution in [0.4, 0.5) is 5.69 Å². The number of hydrogen-bond acceptors (Lipinski definition) is 3. The highest BCUT2D eigenvalue weighted by Crippen LogP contribution is 2.20. The highest BCUT2D eigenvalue weighted by atomic mass is 16.3. The maximum absolute atomic E-state index is 10.7. The molecule has 0 aliphatic carbocycles. The molecule has 0 saturated carbocycles. The van der Waals surface area contributed by atoms with E-state index in [0.717, 1.165) is 5.56 Å². The lowest BCUT2D eigenvalue weighted by molar-refractivity contribution is -0.116. The minimum atomic E-state index is 0.0577. The Bertz CT molecular complexity index is 307. The maximum Gasteiger partial charge on any atom is 0.138 e. The van der Waals surface area contributed by atoms with E-state index in [9.17, 15) is 4.79 Å². The fraction of sp³-hybridized carbons (Fsp3) is 0.222. The van der Waals surface area contributed by atoms with Crippen molar-refractivity contribution in [3.05, 3.63) is 23.8 Å². The van der Waals surface area contributed by atoms with Crippen LogP contribution in [-0.2, 0) is 11.2 Å². The van der Waals surface area contributed by atoms with Crippen molar-refractivity contribution in [2.24, 2.45) is 0 Å². The van der Waals surface area contributed by atoms with Crippen molar-refractivity contribution in [3.63, 3.8) is 0 Å². The first-order chi connectivity index (χ1) is 5.59. The van der Waals surface area contributed by atoms with Crippen molar-refractivity contribution >= 4 is 11.5 Å². The predicted molar refractivity (Wildman–Crippen MR) is 46.9 cm³/mol. The van der Waals surface area contributed by atoms with E-state index in [1.54, 1.807) is 12.1 Å². The molecule has 12 heavy (non-hydrogen) atoms. The Hall–Kier alpha value is -1.51. The van der Waals surface area contributed by atoms with Crippen LogP contribution in [0, 0.1) is 0 Å². The molecular weight excluding hydrogens is 154 g/mol. The average molecular weight is 165 g/mol. The van der Waals surface area contributed by atoms with E-state index in [2.05, 4.69) is 0 Å². The van der Waals surface area contributed by atoms with Crippen molar-refractivity contribution in [3.8, 4) is 5.75 Å². The number of anilines is 1. The number of carbonyl (C=O) groups excluding carboxylic acids is 1. The zero-order chi connectivity index (χ0) is 9.14. The lowest BCUT2D eigenvalue weighted by Gasteiger charge is -2.01. The number of phenols is 1. The van der Waals surface area contributed by atoms with Gasteiger partial charge in [-0.05, 0) is 24.6 Å². The molecule has 0 aliphatic heterocycles. The minimum absolute atomic E-state index is 0.0577. The molecular formula is C9H11NO2. The molecule has 0 atom stereocenters. The van der Waals surface area contributed by atoms with Gasteiger partial charge in [0.1, 0.15) is 11.5 Å². The Balaban J connectivity index is 2.89. The fourth-order valence-corrected chi connectivity index (χ4v) is 1.00. The third-order valence-electron chi connectivity index (χ3n) is 1.55. The number of hydrogen-bond donors (Lipinski definition) is 2. The van der Waals surface area contributed by atoms with Gasteiger partial charge >= 0.3 is 0 Å². The highest BCUT2D eigenvalue weighted by molar-refractivity contribution is 5.78. The molecule has 3 nitrogen and oxygen atoms in total. The smallest absolute Gasteiger partial charge is 0.138 e. The highest BCUT2D eigenvalue weighted by Gasteiger charge is 2.00. The third kappa shape index (κ3) is 1.99. The number of Topliss-reactive ketones (excluding diaryl/α,β-unsaturated/α-hetero) is 1. The summed E-state index contributed by atoms with van der Waals surface area (Å²) < 4.78 is 0. The molecule has 0 heterocycles. The summed E-state index contributed by atoms with van der Waals surface area (Å²) in [6.07, 6.45) is 0.366. The van der Waals surface area contributed by atoms with E-state index < -0.39 is 0 Å². The van der Waals surface area contributed by atoms with Gasteiger partial charge in [-0.2, -0.15) is 0 Å². The van der Waals surface area contributed by atoms with Crippen LogP contribution < -0.4 is 5.73 Å². The molecule has 0 amide bonds. The lowest BCUT2D eigenvalue weighted by Crippen LogP contribution is -1.97. The largest absolute Gasteiger partial charge is 0.506 e. The molecule has 1 aromatic carbocycles. The number of nitrogen functional groups attached to an aromatic ring is 1. The normalized spacial score (nSPS) is 9.75. The van der Waals surface area contributed by atoms with Crippen LogP contribution >= 0.6 is 0 Å². The second-order valence-electron chi connectivity index (χ2n) is 2.77. The summed E-state index contributed by atoms with van der Waals surface area (Å²) in [5.41, 5.74) is 6.58. The summed E-state index contributed by atoms with van der Waals surface area (Å²) in [5.74, 6) is 0.141. The minimum Gasteiger partial charge on any atom is -0.506 e. The molecule has 0 spiro atoms. The van der Waals surface area contributed by atoms with Crippen LogP contribution in [0.25, 0.3) is 0 Å². The Morgan fingerprint density at radius 3 is 2.75 bits per heavy atom. The molecule has 1 aromatic rings. The molecule has 0 aliphatic rings. The molecule has 1 rings (SSSR count). The molecule has 0 saturated heterocycles. The van der Waals surface area contributed by atoms with E-state index in [0.29, 0.717) is 12.1 Å². The Morgan fingerprint density at radius 1 is 1.58 bits per heavy atom. The monoisotopic (exact) mass is 165 g/mol. The van der Waals surface area contributed by atoms with Gasteiger partial charge < -0.3 is 10.8 Å². The summed E-state index contributed by atoms with van der Waals surface area (Å²) in [5, 5.41) is 9.07. The Morgan fingerprint density at radius 2 is 2.25 bits per heavy atom.